The minimum Gasteiger partial charge on any atom is -0.386 e. The summed E-state index contributed by atoms with van der Waals surface area (Å²) in [6.45, 7) is 5.38. The predicted molar refractivity (Wildman–Crippen MR) is 38.2 cm³/mol. The maximum atomic E-state index is 9.42. The van der Waals surface area contributed by atoms with Gasteiger partial charge in [0.25, 0.3) is 0 Å². The van der Waals surface area contributed by atoms with Crippen molar-refractivity contribution in [2.45, 2.75) is 31.8 Å². The van der Waals surface area contributed by atoms with Crippen LogP contribution in [0.5, 0.6) is 0 Å². The quantitative estimate of drug-likeness (QED) is 0.571. The summed E-state index contributed by atoms with van der Waals surface area (Å²) in [6.07, 6.45) is 5.12. The van der Waals surface area contributed by atoms with Gasteiger partial charge in [-0.3, -0.25) is 0 Å². The molecule has 1 atom stereocenters. The van der Waals surface area contributed by atoms with E-state index in [1.165, 1.54) is 12.8 Å². The largest absolute Gasteiger partial charge is 0.386 e. The zero-order valence-electron chi connectivity index (χ0n) is 5.93. The minimum atomic E-state index is -0.610. The van der Waals surface area contributed by atoms with Gasteiger partial charge in [0.2, 0.25) is 0 Å². The van der Waals surface area contributed by atoms with E-state index >= 15 is 0 Å². The topological polar surface area (TPSA) is 20.2 Å². The molecular formula is C8H14O. The molecule has 0 aromatic carbocycles. The van der Waals surface area contributed by atoms with Gasteiger partial charge in [-0.25, -0.2) is 0 Å². The van der Waals surface area contributed by atoms with Crippen molar-refractivity contribution in [2.75, 3.05) is 0 Å². The van der Waals surface area contributed by atoms with Gasteiger partial charge < -0.3 is 5.11 Å². The standard InChI is InChI=1S/C8H14O/c1-3-8(2,9)6-7-4-5-7/h3,7,9H,1,4-6H2,2H3. The molecule has 0 aliphatic heterocycles. The Morgan fingerprint density at radius 1 is 1.78 bits per heavy atom. The number of rotatable bonds is 3. The first-order valence-corrected chi connectivity index (χ1v) is 3.50. The van der Waals surface area contributed by atoms with Crippen LogP contribution in [-0.2, 0) is 0 Å². The van der Waals surface area contributed by atoms with E-state index in [1.54, 1.807) is 6.08 Å². The Balaban J connectivity index is 2.29. The fourth-order valence-corrected chi connectivity index (χ4v) is 0.990. The van der Waals surface area contributed by atoms with Crippen molar-refractivity contribution < 1.29 is 5.11 Å². The van der Waals surface area contributed by atoms with Gasteiger partial charge in [-0.2, -0.15) is 0 Å². The molecule has 52 valence electrons. The first-order chi connectivity index (χ1) is 4.14. The lowest BCUT2D eigenvalue weighted by atomic mass is 10.00. The molecule has 0 aromatic rings. The molecule has 1 aliphatic carbocycles. The highest BCUT2D eigenvalue weighted by atomic mass is 16.3. The molecule has 0 amide bonds. The van der Waals surface area contributed by atoms with E-state index < -0.39 is 5.60 Å². The van der Waals surface area contributed by atoms with Crippen molar-refractivity contribution in [2.24, 2.45) is 5.92 Å². The van der Waals surface area contributed by atoms with Crippen LogP contribution in [0.1, 0.15) is 26.2 Å². The van der Waals surface area contributed by atoms with Gasteiger partial charge in [0.1, 0.15) is 0 Å². The molecule has 1 saturated carbocycles. The Kier molecular flexibility index (Phi) is 1.62. The lowest BCUT2D eigenvalue weighted by Gasteiger charge is -2.16. The van der Waals surface area contributed by atoms with Crippen LogP contribution < -0.4 is 0 Å². The van der Waals surface area contributed by atoms with Gasteiger partial charge in [-0.15, -0.1) is 6.58 Å². The summed E-state index contributed by atoms with van der Waals surface area (Å²) in [5.41, 5.74) is -0.610. The lowest BCUT2D eigenvalue weighted by Crippen LogP contribution is -2.20. The summed E-state index contributed by atoms with van der Waals surface area (Å²) >= 11 is 0. The van der Waals surface area contributed by atoms with Crippen LogP contribution in [0.2, 0.25) is 0 Å². The Morgan fingerprint density at radius 2 is 2.33 bits per heavy atom. The highest BCUT2D eigenvalue weighted by Gasteiger charge is 2.29. The molecular weight excluding hydrogens is 112 g/mol. The van der Waals surface area contributed by atoms with Gasteiger partial charge in [0.05, 0.1) is 5.60 Å². The Bertz CT molecular complexity index is 112. The van der Waals surface area contributed by atoms with Gasteiger partial charge >= 0.3 is 0 Å². The normalized spacial score (nSPS) is 25.1. The number of aliphatic hydroxyl groups is 1. The summed E-state index contributed by atoms with van der Waals surface area (Å²) in [4.78, 5) is 0. The second-order valence-electron chi connectivity index (χ2n) is 3.21. The van der Waals surface area contributed by atoms with Gasteiger partial charge in [0.15, 0.2) is 0 Å². The summed E-state index contributed by atoms with van der Waals surface area (Å²) in [5.74, 6) is 0.776. The summed E-state index contributed by atoms with van der Waals surface area (Å²) in [7, 11) is 0. The van der Waals surface area contributed by atoms with Crippen molar-refractivity contribution in [3.8, 4) is 0 Å². The Hall–Kier alpha value is -0.300. The van der Waals surface area contributed by atoms with Crippen LogP contribution in [0, 0.1) is 5.92 Å². The van der Waals surface area contributed by atoms with Crippen LogP contribution in [0.4, 0.5) is 0 Å². The molecule has 1 heteroatoms. The third kappa shape index (κ3) is 2.19. The fourth-order valence-electron chi connectivity index (χ4n) is 0.990. The van der Waals surface area contributed by atoms with Crippen molar-refractivity contribution in [3.05, 3.63) is 12.7 Å². The summed E-state index contributed by atoms with van der Waals surface area (Å²) in [6, 6.07) is 0. The van der Waals surface area contributed by atoms with Crippen LogP contribution >= 0.6 is 0 Å². The van der Waals surface area contributed by atoms with Gasteiger partial charge in [-0.05, 0) is 19.3 Å². The lowest BCUT2D eigenvalue weighted by molar-refractivity contribution is 0.0958. The molecule has 1 unspecified atom stereocenters. The SMILES string of the molecule is C=CC(C)(O)CC1CC1. The van der Waals surface area contributed by atoms with Crippen LogP contribution in [0.25, 0.3) is 0 Å². The van der Waals surface area contributed by atoms with E-state index in [0.29, 0.717) is 0 Å². The van der Waals surface area contributed by atoms with Gasteiger partial charge in [0, 0.05) is 0 Å². The first-order valence-electron chi connectivity index (χ1n) is 3.50. The number of hydrogen-bond donors (Lipinski definition) is 1. The van der Waals surface area contributed by atoms with Gasteiger partial charge in [-0.1, -0.05) is 18.9 Å². The van der Waals surface area contributed by atoms with E-state index in [4.69, 9.17) is 0 Å². The van der Waals surface area contributed by atoms with Crippen molar-refractivity contribution in [3.63, 3.8) is 0 Å². The van der Waals surface area contributed by atoms with Crippen LogP contribution in [-0.4, -0.2) is 10.7 Å². The smallest absolute Gasteiger partial charge is 0.0799 e. The molecule has 1 N–H and O–H groups in total. The summed E-state index contributed by atoms with van der Waals surface area (Å²) in [5, 5.41) is 9.42. The molecule has 1 fully saturated rings. The predicted octanol–water partition coefficient (Wildman–Crippen LogP) is 1.72. The van der Waals surface area contributed by atoms with E-state index in [2.05, 4.69) is 6.58 Å². The maximum Gasteiger partial charge on any atom is 0.0799 e. The van der Waals surface area contributed by atoms with Crippen molar-refractivity contribution in [1.29, 1.82) is 0 Å². The van der Waals surface area contributed by atoms with Crippen molar-refractivity contribution in [1.82, 2.24) is 0 Å². The third-order valence-electron chi connectivity index (χ3n) is 1.84. The maximum absolute atomic E-state index is 9.42. The zero-order valence-corrected chi connectivity index (χ0v) is 5.93. The van der Waals surface area contributed by atoms with Crippen LogP contribution in [0.15, 0.2) is 12.7 Å². The number of hydrogen-bond acceptors (Lipinski definition) is 1. The van der Waals surface area contributed by atoms with E-state index in [-0.39, 0.29) is 0 Å². The molecule has 0 bridgehead atoms. The molecule has 0 radical (unpaired) electrons. The minimum absolute atomic E-state index is 0.610. The van der Waals surface area contributed by atoms with E-state index in [9.17, 15) is 5.11 Å². The summed E-state index contributed by atoms with van der Waals surface area (Å²) < 4.78 is 0. The second-order valence-corrected chi connectivity index (χ2v) is 3.21. The molecule has 1 rings (SSSR count). The fraction of sp³-hybridized carbons (Fsp3) is 0.750. The first kappa shape index (κ1) is 6.81. The van der Waals surface area contributed by atoms with E-state index in [1.807, 2.05) is 6.92 Å². The third-order valence-corrected chi connectivity index (χ3v) is 1.84. The molecule has 0 saturated heterocycles. The Morgan fingerprint density at radius 3 is 2.67 bits per heavy atom. The highest BCUT2D eigenvalue weighted by Crippen LogP contribution is 2.36. The average molecular weight is 126 g/mol. The Labute approximate surface area is 56.4 Å². The molecule has 1 aliphatic rings. The molecule has 0 aromatic heterocycles. The van der Waals surface area contributed by atoms with Crippen LogP contribution in [0.3, 0.4) is 0 Å². The zero-order chi connectivity index (χ0) is 6.91. The molecule has 0 heterocycles. The highest BCUT2D eigenvalue weighted by molar-refractivity contribution is 4.95. The van der Waals surface area contributed by atoms with Crippen molar-refractivity contribution >= 4 is 0 Å². The molecule has 0 spiro atoms. The average Bonchev–Trinajstić information content (AvgIpc) is 2.50. The monoisotopic (exact) mass is 126 g/mol. The molecule has 1 nitrogen and oxygen atoms in total. The molecule has 9 heavy (non-hydrogen) atoms. The van der Waals surface area contributed by atoms with E-state index in [0.717, 1.165) is 12.3 Å². The second kappa shape index (κ2) is 2.14.